The van der Waals surface area contributed by atoms with Crippen LogP contribution in [0.1, 0.15) is 18.3 Å². The number of amides is 1. The number of aryl methyl sites for hydroxylation is 1. The molecule has 140 valence electrons. The van der Waals surface area contributed by atoms with E-state index in [-0.39, 0.29) is 28.6 Å². The average Bonchev–Trinajstić information content (AvgIpc) is 2.90. The van der Waals surface area contributed by atoms with Gasteiger partial charge in [-0.15, -0.1) is 0 Å². The third-order valence-corrected chi connectivity index (χ3v) is 3.91. The zero-order chi connectivity index (χ0) is 19.6. The van der Waals surface area contributed by atoms with E-state index in [4.69, 9.17) is 11.6 Å². The number of aromatic nitrogens is 2. The van der Waals surface area contributed by atoms with Gasteiger partial charge in [0.25, 0.3) is 5.69 Å². The highest BCUT2D eigenvalue weighted by Gasteiger charge is 2.34. The minimum absolute atomic E-state index is 0.0471. The normalized spacial score (nSPS) is 12.7. The Morgan fingerprint density at radius 1 is 1.42 bits per heavy atom. The molecule has 0 radical (unpaired) electrons. The minimum atomic E-state index is -4.57. The number of nitrogens with zero attached hydrogens (tertiary/aromatic N) is 3. The number of halogens is 4. The molecule has 0 fully saturated rings. The van der Waals surface area contributed by atoms with Crippen molar-refractivity contribution in [3.63, 3.8) is 0 Å². The van der Waals surface area contributed by atoms with Crippen molar-refractivity contribution >= 4 is 28.9 Å². The highest BCUT2D eigenvalue weighted by Crippen LogP contribution is 2.29. The number of hydrogen-bond acceptors (Lipinski definition) is 4. The van der Waals surface area contributed by atoms with Crippen LogP contribution in [0.15, 0.2) is 24.3 Å². The lowest BCUT2D eigenvalue weighted by molar-refractivity contribution is -0.384. The standard InChI is InChI=1S/C15H14ClF3N4O3/c1-8(7-22-9(2)5-13(21-22)15(17,18)19)14(24)20-12-6-10(23(25)26)3-4-11(12)16/h3-6,8H,7H2,1-2H3,(H,20,24). The quantitative estimate of drug-likeness (QED) is 0.616. The van der Waals surface area contributed by atoms with Crippen LogP contribution < -0.4 is 5.32 Å². The molecule has 0 aliphatic carbocycles. The maximum absolute atomic E-state index is 12.7. The van der Waals surface area contributed by atoms with Crippen molar-refractivity contribution in [1.29, 1.82) is 0 Å². The number of carbonyl (C=O) groups excluding carboxylic acids is 1. The molecule has 1 heterocycles. The summed E-state index contributed by atoms with van der Waals surface area (Å²) in [5.41, 5.74) is -0.990. The van der Waals surface area contributed by atoms with Crippen LogP contribution in [0.4, 0.5) is 24.5 Å². The number of non-ortho nitro benzene ring substituents is 1. The van der Waals surface area contributed by atoms with Gasteiger partial charge >= 0.3 is 6.18 Å². The van der Waals surface area contributed by atoms with E-state index >= 15 is 0 Å². The topological polar surface area (TPSA) is 90.1 Å². The van der Waals surface area contributed by atoms with Gasteiger partial charge in [0, 0.05) is 17.8 Å². The Kier molecular flexibility index (Phi) is 5.55. The van der Waals surface area contributed by atoms with Crippen LogP contribution in [-0.2, 0) is 17.5 Å². The summed E-state index contributed by atoms with van der Waals surface area (Å²) in [6.07, 6.45) is -4.57. The van der Waals surface area contributed by atoms with Gasteiger partial charge in [-0.25, -0.2) is 0 Å². The van der Waals surface area contributed by atoms with E-state index in [1.54, 1.807) is 0 Å². The zero-order valence-electron chi connectivity index (χ0n) is 13.7. The first-order valence-corrected chi connectivity index (χ1v) is 7.73. The molecule has 0 aliphatic rings. The van der Waals surface area contributed by atoms with E-state index in [1.165, 1.54) is 26.0 Å². The van der Waals surface area contributed by atoms with Crippen LogP contribution in [0.3, 0.4) is 0 Å². The van der Waals surface area contributed by atoms with Crippen LogP contribution in [0.5, 0.6) is 0 Å². The Bertz CT molecular complexity index is 851. The van der Waals surface area contributed by atoms with Crippen LogP contribution in [-0.4, -0.2) is 20.6 Å². The van der Waals surface area contributed by atoms with E-state index in [1.807, 2.05) is 0 Å². The Balaban J connectivity index is 2.13. The first-order valence-electron chi connectivity index (χ1n) is 7.35. The Morgan fingerprint density at radius 2 is 2.08 bits per heavy atom. The van der Waals surface area contributed by atoms with Gasteiger partial charge in [-0.05, 0) is 19.1 Å². The number of rotatable bonds is 5. The molecule has 26 heavy (non-hydrogen) atoms. The van der Waals surface area contributed by atoms with E-state index in [9.17, 15) is 28.1 Å². The molecule has 7 nitrogen and oxygen atoms in total. The van der Waals surface area contributed by atoms with Crippen molar-refractivity contribution < 1.29 is 22.9 Å². The SMILES string of the molecule is Cc1cc(C(F)(F)F)nn1CC(C)C(=O)Nc1cc([N+](=O)[O-])ccc1Cl. The summed E-state index contributed by atoms with van der Waals surface area (Å²) in [7, 11) is 0. The van der Waals surface area contributed by atoms with E-state index < -0.39 is 28.6 Å². The summed E-state index contributed by atoms with van der Waals surface area (Å²) >= 11 is 5.91. The smallest absolute Gasteiger partial charge is 0.324 e. The number of benzene rings is 1. The number of nitrogens with one attached hydrogen (secondary N) is 1. The van der Waals surface area contributed by atoms with Crippen LogP contribution >= 0.6 is 11.6 Å². The number of nitro groups is 1. The van der Waals surface area contributed by atoms with Gasteiger partial charge in [0.05, 0.1) is 28.1 Å². The second kappa shape index (κ2) is 7.32. The van der Waals surface area contributed by atoms with Crippen molar-refractivity contribution in [2.45, 2.75) is 26.6 Å². The molecule has 1 aromatic heterocycles. The summed E-state index contributed by atoms with van der Waals surface area (Å²) in [5.74, 6) is -1.32. The van der Waals surface area contributed by atoms with Gasteiger partial charge in [0.2, 0.25) is 5.91 Å². The number of alkyl halides is 3. The van der Waals surface area contributed by atoms with Crippen molar-refractivity contribution in [3.8, 4) is 0 Å². The van der Waals surface area contributed by atoms with Gasteiger partial charge in [-0.3, -0.25) is 19.6 Å². The van der Waals surface area contributed by atoms with E-state index in [2.05, 4.69) is 10.4 Å². The van der Waals surface area contributed by atoms with Gasteiger partial charge in [0.15, 0.2) is 5.69 Å². The lowest BCUT2D eigenvalue weighted by Crippen LogP contribution is -2.25. The van der Waals surface area contributed by atoms with Crippen molar-refractivity contribution in [3.05, 3.63) is 50.8 Å². The lowest BCUT2D eigenvalue weighted by atomic mass is 10.1. The molecule has 1 N–H and O–H groups in total. The van der Waals surface area contributed by atoms with Gasteiger partial charge in [-0.2, -0.15) is 18.3 Å². The highest BCUT2D eigenvalue weighted by atomic mass is 35.5. The van der Waals surface area contributed by atoms with Crippen molar-refractivity contribution in [1.82, 2.24) is 9.78 Å². The molecule has 1 amide bonds. The summed E-state index contributed by atoms with van der Waals surface area (Å²) in [6.45, 7) is 2.85. The molecular formula is C15H14ClF3N4O3. The summed E-state index contributed by atoms with van der Waals surface area (Å²) in [4.78, 5) is 22.4. The molecule has 0 saturated carbocycles. The predicted molar refractivity (Wildman–Crippen MR) is 87.9 cm³/mol. The number of carbonyl (C=O) groups is 1. The molecule has 0 spiro atoms. The minimum Gasteiger partial charge on any atom is -0.324 e. The van der Waals surface area contributed by atoms with Crippen LogP contribution in [0, 0.1) is 23.0 Å². The maximum Gasteiger partial charge on any atom is 0.435 e. The zero-order valence-corrected chi connectivity index (χ0v) is 14.4. The fraction of sp³-hybridized carbons (Fsp3) is 0.333. The van der Waals surface area contributed by atoms with E-state index in [0.717, 1.165) is 16.8 Å². The van der Waals surface area contributed by atoms with Crippen molar-refractivity contribution in [2.24, 2.45) is 5.92 Å². The summed E-state index contributed by atoms with van der Waals surface area (Å²) in [6, 6.07) is 4.45. The Hall–Kier alpha value is -2.62. The van der Waals surface area contributed by atoms with Crippen LogP contribution in [0.25, 0.3) is 0 Å². The molecule has 1 atom stereocenters. The van der Waals surface area contributed by atoms with Crippen LogP contribution in [0.2, 0.25) is 5.02 Å². The first-order chi connectivity index (χ1) is 12.0. The summed E-state index contributed by atoms with van der Waals surface area (Å²) in [5, 5.41) is 16.8. The molecule has 1 unspecified atom stereocenters. The predicted octanol–water partition coefficient (Wildman–Crippen LogP) is 4.05. The van der Waals surface area contributed by atoms with Gasteiger partial charge in [-0.1, -0.05) is 18.5 Å². The first kappa shape index (κ1) is 19.7. The number of hydrogen-bond donors (Lipinski definition) is 1. The molecule has 2 rings (SSSR count). The Labute approximate surface area is 150 Å². The fourth-order valence-electron chi connectivity index (χ4n) is 2.15. The van der Waals surface area contributed by atoms with Gasteiger partial charge < -0.3 is 5.32 Å². The molecular weight excluding hydrogens is 377 g/mol. The molecule has 0 saturated heterocycles. The Morgan fingerprint density at radius 3 is 2.62 bits per heavy atom. The van der Waals surface area contributed by atoms with Crippen molar-refractivity contribution in [2.75, 3.05) is 5.32 Å². The fourth-order valence-corrected chi connectivity index (χ4v) is 2.32. The molecule has 0 bridgehead atoms. The average molecular weight is 391 g/mol. The number of nitro benzene ring substituents is 1. The maximum atomic E-state index is 12.7. The third kappa shape index (κ3) is 4.51. The monoisotopic (exact) mass is 390 g/mol. The largest absolute Gasteiger partial charge is 0.435 e. The molecule has 11 heteroatoms. The molecule has 1 aromatic carbocycles. The highest BCUT2D eigenvalue weighted by molar-refractivity contribution is 6.33. The van der Waals surface area contributed by atoms with Gasteiger partial charge in [0.1, 0.15) is 0 Å². The summed E-state index contributed by atoms with van der Waals surface area (Å²) < 4.78 is 39.1. The lowest BCUT2D eigenvalue weighted by Gasteiger charge is -2.14. The third-order valence-electron chi connectivity index (χ3n) is 3.58. The molecule has 0 aliphatic heterocycles. The second-order valence-electron chi connectivity index (χ2n) is 5.66. The molecule has 2 aromatic rings. The van der Waals surface area contributed by atoms with E-state index in [0.29, 0.717) is 0 Å². The second-order valence-corrected chi connectivity index (χ2v) is 6.07. The number of anilines is 1.